The van der Waals surface area contributed by atoms with Gasteiger partial charge in [-0.1, -0.05) is 13.8 Å². The molecular formula is C13H23NO2S. The van der Waals surface area contributed by atoms with Crippen LogP contribution in [0.4, 0.5) is 0 Å². The van der Waals surface area contributed by atoms with Gasteiger partial charge in [-0.15, -0.1) is 0 Å². The Hall–Kier alpha value is -0.220. The molecule has 2 atom stereocenters. The van der Waals surface area contributed by atoms with Gasteiger partial charge in [-0.3, -0.25) is 9.69 Å². The number of hydrogen-bond acceptors (Lipinski definition) is 3. The minimum Gasteiger partial charge on any atom is -0.481 e. The molecular weight excluding hydrogens is 234 g/mol. The maximum absolute atomic E-state index is 10.9. The van der Waals surface area contributed by atoms with Gasteiger partial charge in [0.2, 0.25) is 0 Å². The average molecular weight is 257 g/mol. The first-order valence-electron chi connectivity index (χ1n) is 6.56. The number of carboxylic acids is 1. The van der Waals surface area contributed by atoms with Gasteiger partial charge < -0.3 is 5.11 Å². The van der Waals surface area contributed by atoms with Gasteiger partial charge in [-0.2, -0.15) is 11.8 Å². The molecule has 0 aromatic carbocycles. The first-order chi connectivity index (χ1) is 8.00. The lowest BCUT2D eigenvalue weighted by Gasteiger charge is -2.45. The van der Waals surface area contributed by atoms with Gasteiger partial charge in [0.25, 0.3) is 0 Å². The van der Waals surface area contributed by atoms with Crippen molar-refractivity contribution in [3.05, 3.63) is 0 Å². The molecule has 2 saturated heterocycles. The van der Waals surface area contributed by atoms with E-state index < -0.39 is 5.97 Å². The summed E-state index contributed by atoms with van der Waals surface area (Å²) in [6.45, 7) is 5.77. The Morgan fingerprint density at radius 1 is 1.53 bits per heavy atom. The smallest absolute Gasteiger partial charge is 0.304 e. The number of carbonyl (C=O) groups is 1. The molecule has 2 unspecified atom stereocenters. The van der Waals surface area contributed by atoms with E-state index in [1.54, 1.807) is 0 Å². The lowest BCUT2D eigenvalue weighted by molar-refractivity contribution is -0.138. The number of likely N-dealkylation sites (tertiary alicyclic amines) is 1. The van der Waals surface area contributed by atoms with Crippen LogP contribution in [0, 0.1) is 5.41 Å². The highest BCUT2D eigenvalue weighted by Gasteiger charge is 2.41. The van der Waals surface area contributed by atoms with E-state index in [1.165, 1.54) is 17.9 Å². The molecule has 0 saturated carbocycles. The molecule has 1 N–H and O–H groups in total. The Morgan fingerprint density at radius 2 is 2.29 bits per heavy atom. The SMILES string of the molecule is CC1(C)CCSCC1N1CCCC1CC(=O)O. The van der Waals surface area contributed by atoms with E-state index >= 15 is 0 Å². The molecule has 0 aromatic rings. The summed E-state index contributed by atoms with van der Waals surface area (Å²) in [7, 11) is 0. The van der Waals surface area contributed by atoms with Crippen LogP contribution in [-0.2, 0) is 4.79 Å². The molecule has 0 amide bonds. The largest absolute Gasteiger partial charge is 0.481 e. The van der Waals surface area contributed by atoms with Crippen LogP contribution in [0.5, 0.6) is 0 Å². The van der Waals surface area contributed by atoms with Gasteiger partial charge >= 0.3 is 5.97 Å². The van der Waals surface area contributed by atoms with Crippen LogP contribution in [0.15, 0.2) is 0 Å². The highest BCUT2D eigenvalue weighted by Crippen LogP contribution is 2.40. The van der Waals surface area contributed by atoms with Gasteiger partial charge in [0.15, 0.2) is 0 Å². The minimum absolute atomic E-state index is 0.274. The molecule has 98 valence electrons. The van der Waals surface area contributed by atoms with Crippen molar-refractivity contribution >= 4 is 17.7 Å². The van der Waals surface area contributed by atoms with Crippen LogP contribution >= 0.6 is 11.8 Å². The summed E-state index contributed by atoms with van der Waals surface area (Å²) >= 11 is 2.02. The Balaban J connectivity index is 2.06. The molecule has 0 spiro atoms. The fourth-order valence-electron chi connectivity index (χ4n) is 3.16. The molecule has 0 bridgehead atoms. The summed E-state index contributed by atoms with van der Waals surface area (Å²) in [4.78, 5) is 13.4. The van der Waals surface area contributed by atoms with Crippen molar-refractivity contribution in [3.8, 4) is 0 Å². The third-order valence-electron chi connectivity index (χ3n) is 4.30. The molecule has 0 aliphatic carbocycles. The zero-order valence-corrected chi connectivity index (χ0v) is 11.6. The van der Waals surface area contributed by atoms with E-state index in [0.717, 1.165) is 19.4 Å². The lowest BCUT2D eigenvalue weighted by atomic mass is 9.81. The average Bonchev–Trinajstić information content (AvgIpc) is 2.64. The summed E-state index contributed by atoms with van der Waals surface area (Å²) in [5.74, 6) is 1.77. The van der Waals surface area contributed by atoms with Crippen molar-refractivity contribution in [2.45, 2.75) is 51.6 Å². The Labute approximate surface area is 108 Å². The second-order valence-corrected chi connectivity index (χ2v) is 7.11. The van der Waals surface area contributed by atoms with Crippen molar-refractivity contribution in [1.82, 2.24) is 4.90 Å². The van der Waals surface area contributed by atoms with E-state index in [9.17, 15) is 4.79 Å². The molecule has 2 aliphatic heterocycles. The first kappa shape index (κ1) is 13.2. The summed E-state index contributed by atoms with van der Waals surface area (Å²) in [6, 6.07) is 0.837. The molecule has 2 heterocycles. The molecule has 0 radical (unpaired) electrons. The maximum atomic E-state index is 10.9. The summed E-state index contributed by atoms with van der Waals surface area (Å²) < 4.78 is 0. The molecule has 3 nitrogen and oxygen atoms in total. The van der Waals surface area contributed by atoms with Crippen LogP contribution in [0.25, 0.3) is 0 Å². The van der Waals surface area contributed by atoms with Crippen LogP contribution in [0.1, 0.15) is 39.5 Å². The van der Waals surface area contributed by atoms with Crippen molar-refractivity contribution < 1.29 is 9.90 Å². The quantitative estimate of drug-likeness (QED) is 0.843. The molecule has 17 heavy (non-hydrogen) atoms. The van der Waals surface area contributed by atoms with Gasteiger partial charge in [-0.05, 0) is 37.0 Å². The number of aliphatic carboxylic acids is 1. The Bertz CT molecular complexity index is 293. The monoisotopic (exact) mass is 257 g/mol. The maximum Gasteiger partial charge on any atom is 0.304 e. The van der Waals surface area contributed by atoms with Crippen LogP contribution in [0.2, 0.25) is 0 Å². The van der Waals surface area contributed by atoms with E-state index in [-0.39, 0.29) is 6.04 Å². The second-order valence-electron chi connectivity index (χ2n) is 5.96. The Kier molecular flexibility index (Phi) is 4.03. The first-order valence-corrected chi connectivity index (χ1v) is 7.71. The second kappa shape index (κ2) is 5.19. The molecule has 4 heteroatoms. The normalized spacial score (nSPS) is 33.8. The fraction of sp³-hybridized carbons (Fsp3) is 0.923. The van der Waals surface area contributed by atoms with Crippen molar-refractivity contribution in [1.29, 1.82) is 0 Å². The summed E-state index contributed by atoms with van der Waals surface area (Å²) in [5.41, 5.74) is 0.340. The predicted molar refractivity (Wildman–Crippen MR) is 71.5 cm³/mol. The topological polar surface area (TPSA) is 40.5 Å². The molecule has 2 rings (SSSR count). The van der Waals surface area contributed by atoms with E-state index in [4.69, 9.17) is 5.11 Å². The van der Waals surface area contributed by atoms with E-state index in [2.05, 4.69) is 18.7 Å². The van der Waals surface area contributed by atoms with Crippen LogP contribution in [-0.4, -0.2) is 46.1 Å². The fourth-order valence-corrected chi connectivity index (χ4v) is 4.86. The third-order valence-corrected chi connectivity index (χ3v) is 5.35. The predicted octanol–water partition coefficient (Wildman–Crippen LogP) is 2.46. The number of hydrogen-bond donors (Lipinski definition) is 1. The Morgan fingerprint density at radius 3 is 2.94 bits per heavy atom. The summed E-state index contributed by atoms with van der Waals surface area (Å²) in [6.07, 6.45) is 3.79. The van der Waals surface area contributed by atoms with Gasteiger partial charge in [0.05, 0.1) is 6.42 Å². The van der Waals surface area contributed by atoms with Crippen LogP contribution in [0.3, 0.4) is 0 Å². The zero-order chi connectivity index (χ0) is 12.5. The number of nitrogens with zero attached hydrogens (tertiary/aromatic N) is 1. The van der Waals surface area contributed by atoms with E-state index in [0.29, 0.717) is 17.9 Å². The summed E-state index contributed by atoms with van der Waals surface area (Å²) in [5, 5.41) is 8.99. The number of rotatable bonds is 3. The van der Waals surface area contributed by atoms with Crippen molar-refractivity contribution in [2.75, 3.05) is 18.1 Å². The lowest BCUT2D eigenvalue weighted by Crippen LogP contribution is -2.51. The van der Waals surface area contributed by atoms with E-state index in [1.807, 2.05) is 11.8 Å². The minimum atomic E-state index is -0.650. The standard InChI is InChI=1S/C13H23NO2S/c1-13(2)5-7-17-9-11(13)14-6-3-4-10(14)8-12(15)16/h10-11H,3-9H2,1-2H3,(H,15,16). The van der Waals surface area contributed by atoms with Crippen molar-refractivity contribution in [3.63, 3.8) is 0 Å². The zero-order valence-electron chi connectivity index (χ0n) is 10.8. The van der Waals surface area contributed by atoms with Gasteiger partial charge in [0, 0.05) is 17.8 Å². The van der Waals surface area contributed by atoms with Gasteiger partial charge in [0.1, 0.15) is 0 Å². The highest BCUT2D eigenvalue weighted by atomic mass is 32.2. The highest BCUT2D eigenvalue weighted by molar-refractivity contribution is 7.99. The van der Waals surface area contributed by atoms with Crippen molar-refractivity contribution in [2.24, 2.45) is 5.41 Å². The molecule has 0 aromatic heterocycles. The molecule has 2 fully saturated rings. The molecule has 2 aliphatic rings. The van der Waals surface area contributed by atoms with Gasteiger partial charge in [-0.25, -0.2) is 0 Å². The number of carboxylic acid groups (broad SMARTS) is 1. The van der Waals surface area contributed by atoms with Crippen LogP contribution < -0.4 is 0 Å². The third kappa shape index (κ3) is 2.97. The number of thioether (sulfide) groups is 1.